The summed E-state index contributed by atoms with van der Waals surface area (Å²) in [5, 5.41) is 15.0. The Balaban J connectivity index is 1.92. The van der Waals surface area contributed by atoms with Gasteiger partial charge in [-0.25, -0.2) is 9.48 Å². The van der Waals surface area contributed by atoms with E-state index in [9.17, 15) is 9.90 Å². The van der Waals surface area contributed by atoms with Crippen LogP contribution in [0.2, 0.25) is 0 Å². The van der Waals surface area contributed by atoms with Crippen LogP contribution in [0.5, 0.6) is 0 Å². The molecule has 0 aliphatic heterocycles. The first kappa shape index (κ1) is 14.4. The topological polar surface area (TPSA) is 68.3 Å². The van der Waals surface area contributed by atoms with E-state index in [4.69, 9.17) is 4.42 Å². The van der Waals surface area contributed by atoms with Crippen LogP contribution in [-0.4, -0.2) is 14.9 Å². The number of benzene rings is 2. The molecule has 0 atom stereocenters. The van der Waals surface area contributed by atoms with Crippen LogP contribution >= 0.6 is 0 Å². The van der Waals surface area contributed by atoms with Gasteiger partial charge in [-0.15, -0.1) is 0 Å². The molecule has 24 heavy (non-hydrogen) atoms. The van der Waals surface area contributed by atoms with E-state index in [0.717, 1.165) is 11.1 Å². The summed E-state index contributed by atoms with van der Waals surface area (Å²) in [5.74, 6) is 0. The van der Waals surface area contributed by atoms with Crippen LogP contribution in [0.3, 0.4) is 0 Å². The molecule has 0 amide bonds. The molecule has 0 aliphatic rings. The van der Waals surface area contributed by atoms with Crippen molar-refractivity contribution < 1.29 is 9.52 Å². The highest BCUT2D eigenvalue weighted by molar-refractivity contribution is 5.81. The molecular weight excluding hydrogens is 304 g/mol. The fourth-order valence-electron chi connectivity index (χ4n) is 2.69. The lowest BCUT2D eigenvalue weighted by Gasteiger charge is -2.01. The number of aromatic nitrogens is 2. The molecule has 0 radical (unpaired) electrons. The maximum absolute atomic E-state index is 12.3. The summed E-state index contributed by atoms with van der Waals surface area (Å²) in [5.41, 5.74) is 2.25. The molecule has 0 unspecified atom stereocenters. The van der Waals surface area contributed by atoms with Gasteiger partial charge in [-0.05, 0) is 24.3 Å². The Morgan fingerprint density at radius 2 is 1.79 bits per heavy atom. The van der Waals surface area contributed by atoms with Gasteiger partial charge in [0.15, 0.2) is 0 Å². The largest absolute Gasteiger partial charge is 0.422 e. The van der Waals surface area contributed by atoms with Gasteiger partial charge in [-0.3, -0.25) is 0 Å². The molecule has 0 bridgehead atoms. The number of rotatable bonds is 3. The Morgan fingerprint density at radius 1 is 1.04 bits per heavy atom. The average Bonchev–Trinajstić information content (AvgIpc) is 3.06. The van der Waals surface area contributed by atoms with Gasteiger partial charge in [0, 0.05) is 17.1 Å². The van der Waals surface area contributed by atoms with E-state index in [-0.39, 0.29) is 6.61 Å². The molecule has 5 heteroatoms. The fraction of sp³-hybridized carbons (Fsp3) is 0.0526. The number of para-hydroxylation sites is 2. The SMILES string of the molecule is O=c1oc2ccccc2cc1-c1nn(-c2ccccc2)cc1CO. The van der Waals surface area contributed by atoms with Crippen LogP contribution in [0.4, 0.5) is 0 Å². The quantitative estimate of drug-likeness (QED) is 0.589. The summed E-state index contributed by atoms with van der Waals surface area (Å²) in [6.45, 7) is -0.214. The van der Waals surface area contributed by atoms with Gasteiger partial charge >= 0.3 is 5.63 Å². The number of hydrogen-bond donors (Lipinski definition) is 1. The Morgan fingerprint density at radius 3 is 2.58 bits per heavy atom. The summed E-state index contributed by atoms with van der Waals surface area (Å²) in [7, 11) is 0. The van der Waals surface area contributed by atoms with Crippen molar-refractivity contribution in [2.75, 3.05) is 0 Å². The molecule has 2 aromatic carbocycles. The Kier molecular flexibility index (Phi) is 3.48. The average molecular weight is 318 g/mol. The second kappa shape index (κ2) is 5.79. The third kappa shape index (κ3) is 2.41. The van der Waals surface area contributed by atoms with Gasteiger partial charge in [0.2, 0.25) is 0 Å². The number of fused-ring (bicyclic) bond motifs is 1. The lowest BCUT2D eigenvalue weighted by atomic mass is 10.1. The van der Waals surface area contributed by atoms with Crippen LogP contribution < -0.4 is 5.63 Å². The van der Waals surface area contributed by atoms with Crippen molar-refractivity contribution in [3.05, 3.63) is 82.8 Å². The maximum Gasteiger partial charge on any atom is 0.345 e. The van der Waals surface area contributed by atoms with E-state index in [2.05, 4.69) is 5.10 Å². The summed E-state index contributed by atoms with van der Waals surface area (Å²) in [6, 6.07) is 18.6. The molecule has 0 aliphatic carbocycles. The van der Waals surface area contributed by atoms with Crippen LogP contribution in [-0.2, 0) is 6.61 Å². The highest BCUT2D eigenvalue weighted by atomic mass is 16.4. The molecule has 4 aromatic rings. The summed E-state index contributed by atoms with van der Waals surface area (Å²) < 4.78 is 7.02. The van der Waals surface area contributed by atoms with E-state index in [1.165, 1.54) is 0 Å². The predicted octanol–water partition coefficient (Wildman–Crippen LogP) is 3.14. The molecule has 0 saturated carbocycles. The Labute approximate surface area is 137 Å². The summed E-state index contributed by atoms with van der Waals surface area (Å²) >= 11 is 0. The van der Waals surface area contributed by atoms with Gasteiger partial charge in [0.05, 0.1) is 17.9 Å². The number of hydrogen-bond acceptors (Lipinski definition) is 4. The van der Waals surface area contributed by atoms with E-state index in [1.807, 2.05) is 48.5 Å². The first-order valence-electron chi connectivity index (χ1n) is 7.54. The second-order valence-electron chi connectivity index (χ2n) is 5.43. The van der Waals surface area contributed by atoms with Crippen molar-refractivity contribution in [3.63, 3.8) is 0 Å². The maximum atomic E-state index is 12.3. The molecule has 5 nitrogen and oxygen atoms in total. The minimum atomic E-state index is -0.471. The third-order valence-electron chi connectivity index (χ3n) is 3.88. The van der Waals surface area contributed by atoms with Crippen molar-refractivity contribution >= 4 is 11.0 Å². The van der Waals surface area contributed by atoms with Crippen LogP contribution in [0.1, 0.15) is 5.56 Å². The third-order valence-corrected chi connectivity index (χ3v) is 3.88. The summed E-state index contributed by atoms with van der Waals surface area (Å²) in [6.07, 6.45) is 1.72. The van der Waals surface area contributed by atoms with Crippen molar-refractivity contribution in [2.24, 2.45) is 0 Å². The minimum absolute atomic E-state index is 0.214. The smallest absolute Gasteiger partial charge is 0.345 e. The van der Waals surface area contributed by atoms with E-state index in [1.54, 1.807) is 23.0 Å². The minimum Gasteiger partial charge on any atom is -0.422 e. The van der Waals surface area contributed by atoms with Gasteiger partial charge in [-0.1, -0.05) is 36.4 Å². The number of aliphatic hydroxyl groups is 1. The van der Waals surface area contributed by atoms with Crippen molar-refractivity contribution in [2.45, 2.75) is 6.61 Å². The van der Waals surface area contributed by atoms with Crippen LogP contribution in [0, 0.1) is 0 Å². The Bertz CT molecular complexity index is 1060. The lowest BCUT2D eigenvalue weighted by molar-refractivity contribution is 0.282. The van der Waals surface area contributed by atoms with Crippen molar-refractivity contribution in [1.29, 1.82) is 0 Å². The molecule has 1 N–H and O–H groups in total. The Hall–Kier alpha value is -3.18. The summed E-state index contributed by atoms with van der Waals surface area (Å²) in [4.78, 5) is 12.3. The zero-order chi connectivity index (χ0) is 16.5. The van der Waals surface area contributed by atoms with Gasteiger partial charge in [0.25, 0.3) is 0 Å². The standard InChI is InChI=1S/C19H14N2O3/c22-12-14-11-21(15-7-2-1-3-8-15)20-18(14)16-10-13-6-4-5-9-17(13)24-19(16)23/h1-11,22H,12H2. The van der Waals surface area contributed by atoms with Gasteiger partial charge in [-0.2, -0.15) is 5.10 Å². The van der Waals surface area contributed by atoms with E-state index < -0.39 is 5.63 Å². The fourth-order valence-corrected chi connectivity index (χ4v) is 2.69. The molecule has 0 saturated heterocycles. The normalized spacial score (nSPS) is 11.0. The molecule has 4 rings (SSSR count). The van der Waals surface area contributed by atoms with E-state index in [0.29, 0.717) is 22.4 Å². The number of aliphatic hydroxyl groups excluding tert-OH is 1. The highest BCUT2D eigenvalue weighted by Crippen LogP contribution is 2.24. The second-order valence-corrected chi connectivity index (χ2v) is 5.43. The van der Waals surface area contributed by atoms with Gasteiger partial charge < -0.3 is 9.52 Å². The molecule has 2 aromatic heterocycles. The lowest BCUT2D eigenvalue weighted by Crippen LogP contribution is -2.05. The molecule has 0 fully saturated rings. The first-order chi connectivity index (χ1) is 11.8. The molecule has 0 spiro atoms. The molecular formula is C19H14N2O3. The predicted molar refractivity (Wildman–Crippen MR) is 91.0 cm³/mol. The first-order valence-corrected chi connectivity index (χ1v) is 7.54. The number of nitrogens with zero attached hydrogens (tertiary/aromatic N) is 2. The zero-order valence-corrected chi connectivity index (χ0v) is 12.7. The molecule has 2 heterocycles. The van der Waals surface area contributed by atoms with Crippen molar-refractivity contribution in [3.8, 4) is 16.9 Å². The van der Waals surface area contributed by atoms with Crippen LogP contribution in [0.25, 0.3) is 27.9 Å². The zero-order valence-electron chi connectivity index (χ0n) is 12.7. The highest BCUT2D eigenvalue weighted by Gasteiger charge is 2.16. The monoisotopic (exact) mass is 318 g/mol. The molecule has 118 valence electrons. The van der Waals surface area contributed by atoms with Crippen molar-refractivity contribution in [1.82, 2.24) is 9.78 Å². The van der Waals surface area contributed by atoms with Crippen LogP contribution in [0.15, 0.2) is 76.1 Å². The van der Waals surface area contributed by atoms with E-state index >= 15 is 0 Å². The van der Waals surface area contributed by atoms with Gasteiger partial charge in [0.1, 0.15) is 11.3 Å².